The fraction of sp³-hybridized carbons (Fsp3) is 0.474. The number of rotatable bonds is 1. The van der Waals surface area contributed by atoms with Gasteiger partial charge in [-0.15, -0.1) is 0 Å². The SMILES string of the molecule is COc1cc(C(C)(C)C)cc2ccc(C(C)(C)C)cc12. The van der Waals surface area contributed by atoms with Crippen LogP contribution in [-0.4, -0.2) is 7.11 Å². The molecule has 0 aromatic heterocycles. The number of fused-ring (bicyclic) bond motifs is 1. The van der Waals surface area contributed by atoms with E-state index in [2.05, 4.69) is 71.9 Å². The second-order valence-electron chi connectivity index (χ2n) is 7.61. The fourth-order valence-electron chi connectivity index (χ4n) is 2.39. The van der Waals surface area contributed by atoms with Crippen LogP contribution in [0.4, 0.5) is 0 Å². The van der Waals surface area contributed by atoms with Gasteiger partial charge in [-0.1, -0.05) is 59.7 Å². The standard InChI is InChI=1S/C19H26O/c1-18(2,3)14-9-8-13-10-15(19(4,5)6)12-17(20-7)16(13)11-14/h8-12H,1-7H3. The van der Waals surface area contributed by atoms with Crippen LogP contribution in [0.2, 0.25) is 0 Å². The third-order valence-corrected chi connectivity index (χ3v) is 3.87. The summed E-state index contributed by atoms with van der Waals surface area (Å²) in [7, 11) is 1.75. The minimum absolute atomic E-state index is 0.129. The van der Waals surface area contributed by atoms with Crippen molar-refractivity contribution in [3.05, 3.63) is 41.5 Å². The van der Waals surface area contributed by atoms with Crippen LogP contribution in [-0.2, 0) is 10.8 Å². The van der Waals surface area contributed by atoms with Crippen molar-refractivity contribution in [1.82, 2.24) is 0 Å². The van der Waals surface area contributed by atoms with E-state index in [0.29, 0.717) is 0 Å². The maximum atomic E-state index is 5.63. The van der Waals surface area contributed by atoms with E-state index in [1.807, 2.05) is 0 Å². The smallest absolute Gasteiger partial charge is 0.126 e. The molecule has 0 N–H and O–H groups in total. The Bertz CT molecular complexity index is 624. The van der Waals surface area contributed by atoms with E-state index in [-0.39, 0.29) is 10.8 Å². The summed E-state index contributed by atoms with van der Waals surface area (Å²) < 4.78 is 5.63. The second kappa shape index (κ2) is 4.80. The summed E-state index contributed by atoms with van der Waals surface area (Å²) in [4.78, 5) is 0. The molecule has 0 unspecified atom stereocenters. The molecule has 0 saturated heterocycles. The predicted molar refractivity (Wildman–Crippen MR) is 87.9 cm³/mol. The molecule has 0 atom stereocenters. The lowest BCUT2D eigenvalue weighted by molar-refractivity contribution is 0.417. The Labute approximate surface area is 123 Å². The van der Waals surface area contributed by atoms with Gasteiger partial charge in [-0.2, -0.15) is 0 Å². The van der Waals surface area contributed by atoms with E-state index in [0.717, 1.165) is 5.75 Å². The van der Waals surface area contributed by atoms with Gasteiger partial charge in [0.1, 0.15) is 5.75 Å². The highest BCUT2D eigenvalue weighted by molar-refractivity contribution is 5.90. The van der Waals surface area contributed by atoms with Crippen molar-refractivity contribution in [2.75, 3.05) is 7.11 Å². The molecule has 0 saturated carbocycles. The average molecular weight is 270 g/mol. The number of hydrogen-bond acceptors (Lipinski definition) is 1. The van der Waals surface area contributed by atoms with Crippen LogP contribution in [0.25, 0.3) is 10.8 Å². The van der Waals surface area contributed by atoms with Crippen LogP contribution in [0.1, 0.15) is 52.7 Å². The van der Waals surface area contributed by atoms with Gasteiger partial charge in [0.25, 0.3) is 0 Å². The van der Waals surface area contributed by atoms with Crippen LogP contribution < -0.4 is 4.74 Å². The van der Waals surface area contributed by atoms with Gasteiger partial charge < -0.3 is 4.74 Å². The molecule has 108 valence electrons. The van der Waals surface area contributed by atoms with Crippen molar-refractivity contribution in [3.63, 3.8) is 0 Å². The molecule has 0 spiro atoms. The highest BCUT2D eigenvalue weighted by Gasteiger charge is 2.18. The van der Waals surface area contributed by atoms with E-state index >= 15 is 0 Å². The summed E-state index contributed by atoms with van der Waals surface area (Å²) in [5.41, 5.74) is 2.93. The first-order valence-electron chi connectivity index (χ1n) is 7.26. The summed E-state index contributed by atoms with van der Waals surface area (Å²) in [6.45, 7) is 13.4. The van der Waals surface area contributed by atoms with Crippen molar-refractivity contribution >= 4 is 10.8 Å². The maximum Gasteiger partial charge on any atom is 0.126 e. The normalized spacial score (nSPS) is 12.8. The maximum absolute atomic E-state index is 5.63. The summed E-state index contributed by atoms with van der Waals surface area (Å²) >= 11 is 0. The van der Waals surface area contributed by atoms with E-state index in [9.17, 15) is 0 Å². The topological polar surface area (TPSA) is 9.23 Å². The van der Waals surface area contributed by atoms with Gasteiger partial charge >= 0.3 is 0 Å². The van der Waals surface area contributed by atoms with Crippen LogP contribution in [0.15, 0.2) is 30.3 Å². The van der Waals surface area contributed by atoms with Crippen molar-refractivity contribution in [3.8, 4) is 5.75 Å². The van der Waals surface area contributed by atoms with Crippen LogP contribution in [0.3, 0.4) is 0 Å². The summed E-state index contributed by atoms with van der Waals surface area (Å²) in [5, 5.41) is 2.45. The molecule has 0 fully saturated rings. The molecule has 0 aliphatic heterocycles. The van der Waals surface area contributed by atoms with E-state index in [1.54, 1.807) is 7.11 Å². The average Bonchev–Trinajstić information content (AvgIpc) is 2.34. The quantitative estimate of drug-likeness (QED) is 0.670. The Morgan fingerprint density at radius 2 is 1.35 bits per heavy atom. The molecule has 2 aromatic rings. The Kier molecular flexibility index (Phi) is 3.58. The number of hydrogen-bond donors (Lipinski definition) is 0. The number of methoxy groups -OCH3 is 1. The molecule has 1 nitrogen and oxygen atoms in total. The third-order valence-electron chi connectivity index (χ3n) is 3.87. The lowest BCUT2D eigenvalue weighted by atomic mass is 9.83. The van der Waals surface area contributed by atoms with Crippen LogP contribution in [0.5, 0.6) is 5.75 Å². The molecule has 0 bridgehead atoms. The lowest BCUT2D eigenvalue weighted by Gasteiger charge is -2.23. The predicted octanol–water partition coefficient (Wildman–Crippen LogP) is 5.44. The van der Waals surface area contributed by atoms with E-state index < -0.39 is 0 Å². The van der Waals surface area contributed by atoms with Crippen molar-refractivity contribution in [2.45, 2.75) is 52.4 Å². The van der Waals surface area contributed by atoms with Gasteiger partial charge in [0.05, 0.1) is 7.11 Å². The highest BCUT2D eigenvalue weighted by atomic mass is 16.5. The zero-order chi connectivity index (χ0) is 15.1. The van der Waals surface area contributed by atoms with Gasteiger partial charge in [-0.25, -0.2) is 0 Å². The Morgan fingerprint density at radius 3 is 1.85 bits per heavy atom. The monoisotopic (exact) mass is 270 g/mol. The summed E-state index contributed by atoms with van der Waals surface area (Å²) in [6.07, 6.45) is 0. The Morgan fingerprint density at radius 1 is 0.750 bits per heavy atom. The first-order valence-corrected chi connectivity index (χ1v) is 7.26. The molecule has 2 aromatic carbocycles. The third kappa shape index (κ3) is 2.82. The zero-order valence-electron chi connectivity index (χ0n) is 13.8. The molecule has 2 rings (SSSR count). The zero-order valence-corrected chi connectivity index (χ0v) is 13.8. The van der Waals surface area contributed by atoms with Crippen molar-refractivity contribution in [1.29, 1.82) is 0 Å². The van der Waals surface area contributed by atoms with E-state index in [1.165, 1.54) is 21.9 Å². The molecule has 0 aliphatic rings. The van der Waals surface area contributed by atoms with E-state index in [4.69, 9.17) is 4.74 Å². The molecule has 0 aliphatic carbocycles. The molecule has 20 heavy (non-hydrogen) atoms. The largest absolute Gasteiger partial charge is 0.496 e. The molecule has 0 heterocycles. The van der Waals surface area contributed by atoms with Crippen molar-refractivity contribution < 1.29 is 4.74 Å². The first kappa shape index (κ1) is 14.9. The van der Waals surface area contributed by atoms with Gasteiger partial charge in [-0.05, 0) is 39.5 Å². The summed E-state index contributed by atoms with van der Waals surface area (Å²) in [6, 6.07) is 11.2. The Hall–Kier alpha value is -1.50. The van der Waals surface area contributed by atoms with Gasteiger partial charge in [-0.3, -0.25) is 0 Å². The molecular formula is C19H26O. The first-order chi connectivity index (χ1) is 9.13. The summed E-state index contributed by atoms with van der Waals surface area (Å²) in [5.74, 6) is 0.971. The number of ether oxygens (including phenoxy) is 1. The van der Waals surface area contributed by atoms with Gasteiger partial charge in [0, 0.05) is 5.39 Å². The van der Waals surface area contributed by atoms with Gasteiger partial charge in [0.2, 0.25) is 0 Å². The molecule has 0 radical (unpaired) electrons. The highest BCUT2D eigenvalue weighted by Crippen LogP contribution is 2.35. The molecule has 1 heteroatoms. The van der Waals surface area contributed by atoms with Crippen molar-refractivity contribution in [2.24, 2.45) is 0 Å². The molecule has 0 amide bonds. The Balaban J connectivity index is 2.71. The van der Waals surface area contributed by atoms with Gasteiger partial charge in [0.15, 0.2) is 0 Å². The van der Waals surface area contributed by atoms with Crippen LogP contribution >= 0.6 is 0 Å². The second-order valence-corrected chi connectivity index (χ2v) is 7.61. The minimum atomic E-state index is 0.129. The van der Waals surface area contributed by atoms with Crippen LogP contribution in [0, 0.1) is 0 Å². The minimum Gasteiger partial charge on any atom is -0.496 e. The fourth-order valence-corrected chi connectivity index (χ4v) is 2.39. The molecular weight excluding hydrogens is 244 g/mol. The lowest BCUT2D eigenvalue weighted by Crippen LogP contribution is -2.12. The number of benzene rings is 2.